The molecule has 0 aliphatic rings. The normalized spacial score (nSPS) is 11.2. The number of esters is 1. The Morgan fingerprint density at radius 3 is 2.23 bits per heavy atom. The predicted octanol–water partition coefficient (Wildman–Crippen LogP) is 3.40. The molecule has 2 heteroatoms. The molecule has 0 aromatic carbocycles. The van der Waals surface area contributed by atoms with Crippen molar-refractivity contribution < 1.29 is 9.53 Å². The second-order valence-electron chi connectivity index (χ2n) is 2.83. The number of carbonyl (C=O) groups is 1. The second-order valence-corrected chi connectivity index (χ2v) is 2.83. The summed E-state index contributed by atoms with van der Waals surface area (Å²) in [6.45, 7) is 10.6. The van der Waals surface area contributed by atoms with Crippen molar-refractivity contribution in [1.82, 2.24) is 0 Å². The molecule has 13 heavy (non-hydrogen) atoms. The van der Waals surface area contributed by atoms with Crippen molar-refractivity contribution in [1.29, 1.82) is 0 Å². The van der Waals surface area contributed by atoms with Gasteiger partial charge in [0.15, 0.2) is 0 Å². The van der Waals surface area contributed by atoms with Crippen LogP contribution in [0.25, 0.3) is 0 Å². The molecule has 0 radical (unpaired) electrons. The van der Waals surface area contributed by atoms with Gasteiger partial charge in [-0.1, -0.05) is 41.0 Å². The van der Waals surface area contributed by atoms with E-state index in [0.717, 1.165) is 19.3 Å². The summed E-state index contributed by atoms with van der Waals surface area (Å²) in [6, 6.07) is 0. The molecule has 0 rings (SSSR count). The third kappa shape index (κ3) is 9.38. The van der Waals surface area contributed by atoms with Crippen LogP contribution in [0.1, 0.15) is 53.9 Å². The summed E-state index contributed by atoms with van der Waals surface area (Å²) in [5, 5.41) is 0. The third-order valence-corrected chi connectivity index (χ3v) is 1.76. The number of rotatable bonds is 5. The molecule has 0 heterocycles. The summed E-state index contributed by atoms with van der Waals surface area (Å²) < 4.78 is 5.00. The lowest BCUT2D eigenvalue weighted by Gasteiger charge is -2.07. The maximum Gasteiger partial charge on any atom is 0.308 e. The van der Waals surface area contributed by atoms with Crippen LogP contribution in [-0.4, -0.2) is 12.6 Å². The van der Waals surface area contributed by atoms with Crippen molar-refractivity contribution in [3.63, 3.8) is 0 Å². The minimum atomic E-state index is -0.0547. The average molecular weight is 188 g/mol. The van der Waals surface area contributed by atoms with Gasteiger partial charge >= 0.3 is 5.97 Å². The summed E-state index contributed by atoms with van der Waals surface area (Å²) in [5.74, 6) is 0.00723. The summed E-state index contributed by atoms with van der Waals surface area (Å²) in [5.41, 5.74) is 0. The topological polar surface area (TPSA) is 26.3 Å². The lowest BCUT2D eigenvalue weighted by Crippen LogP contribution is -2.14. The van der Waals surface area contributed by atoms with E-state index in [9.17, 15) is 4.79 Å². The van der Waals surface area contributed by atoms with Crippen molar-refractivity contribution in [3.8, 4) is 0 Å². The maximum absolute atomic E-state index is 11.0. The Morgan fingerprint density at radius 1 is 1.31 bits per heavy atom. The van der Waals surface area contributed by atoms with E-state index in [-0.39, 0.29) is 11.9 Å². The van der Waals surface area contributed by atoms with E-state index in [0.29, 0.717) is 6.61 Å². The molecule has 80 valence electrons. The second kappa shape index (κ2) is 11.5. The highest BCUT2D eigenvalue weighted by molar-refractivity contribution is 5.71. The number of hydrogen-bond acceptors (Lipinski definition) is 2. The quantitative estimate of drug-likeness (QED) is 0.488. The average Bonchev–Trinajstić information content (AvgIpc) is 2.20. The summed E-state index contributed by atoms with van der Waals surface area (Å²) in [6.07, 6.45) is 2.92. The zero-order chi connectivity index (χ0) is 10.7. The Hall–Kier alpha value is -0.530. The Morgan fingerprint density at radius 2 is 1.85 bits per heavy atom. The molecule has 0 saturated heterocycles. The first kappa shape index (κ1) is 15.0. The molecule has 1 atom stereocenters. The molecule has 0 bridgehead atoms. The minimum absolute atomic E-state index is 0.0547. The molecule has 0 N–H and O–H groups in total. The van der Waals surface area contributed by atoms with Gasteiger partial charge in [-0.2, -0.15) is 0 Å². The van der Waals surface area contributed by atoms with Crippen LogP contribution in [0.4, 0.5) is 0 Å². The molecule has 0 aliphatic heterocycles. The Bertz CT molecular complexity index is 111. The monoisotopic (exact) mass is 188 g/mol. The zero-order valence-electron chi connectivity index (χ0n) is 9.72. The highest BCUT2D eigenvalue weighted by Gasteiger charge is 2.10. The summed E-state index contributed by atoms with van der Waals surface area (Å²) in [7, 11) is 0. The highest BCUT2D eigenvalue weighted by atomic mass is 16.5. The molecule has 0 saturated carbocycles. The van der Waals surface area contributed by atoms with Gasteiger partial charge in [0.05, 0.1) is 12.5 Å². The van der Waals surface area contributed by atoms with Crippen LogP contribution in [-0.2, 0) is 9.53 Å². The van der Waals surface area contributed by atoms with Crippen LogP contribution >= 0.6 is 0 Å². The van der Waals surface area contributed by atoms with Gasteiger partial charge in [-0.25, -0.2) is 0 Å². The minimum Gasteiger partial charge on any atom is -0.465 e. The number of ether oxygens (including phenoxy) is 1. The molecular formula is C11H24O2. The maximum atomic E-state index is 11.0. The molecule has 1 unspecified atom stereocenters. The van der Waals surface area contributed by atoms with Gasteiger partial charge in [-0.05, 0) is 12.8 Å². The first-order chi connectivity index (χ1) is 6.22. The lowest BCUT2D eigenvalue weighted by atomic mass is 10.1. The molecule has 0 fully saturated rings. The molecule has 0 spiro atoms. The van der Waals surface area contributed by atoms with Crippen LogP contribution < -0.4 is 0 Å². The molecule has 0 aromatic rings. The van der Waals surface area contributed by atoms with E-state index >= 15 is 0 Å². The third-order valence-electron chi connectivity index (χ3n) is 1.76. The Kier molecular flexibility index (Phi) is 13.2. The van der Waals surface area contributed by atoms with E-state index in [1.54, 1.807) is 0 Å². The van der Waals surface area contributed by atoms with Crippen molar-refractivity contribution in [2.75, 3.05) is 6.61 Å². The lowest BCUT2D eigenvalue weighted by molar-refractivity contribution is -0.148. The standard InChI is InChI=1S/C9H18O2.C2H6/c1-4-6-7-11-9(10)8(3)5-2;1-2/h8H,4-7H2,1-3H3;1-2H3. The number of unbranched alkanes of at least 4 members (excludes halogenated alkanes) is 1. The molecule has 0 aromatic heterocycles. The van der Waals surface area contributed by atoms with Crippen molar-refractivity contribution in [2.24, 2.45) is 5.92 Å². The van der Waals surface area contributed by atoms with Crippen molar-refractivity contribution in [2.45, 2.75) is 53.9 Å². The fourth-order valence-corrected chi connectivity index (χ4v) is 0.626. The van der Waals surface area contributed by atoms with Gasteiger partial charge in [0, 0.05) is 0 Å². The fourth-order valence-electron chi connectivity index (χ4n) is 0.626. The van der Waals surface area contributed by atoms with Gasteiger partial charge in [-0.3, -0.25) is 4.79 Å². The molecule has 0 amide bonds. The van der Waals surface area contributed by atoms with Gasteiger partial charge < -0.3 is 4.74 Å². The van der Waals surface area contributed by atoms with Gasteiger partial charge in [0.1, 0.15) is 0 Å². The SMILES string of the molecule is CC.CCCCOC(=O)C(C)CC. The summed E-state index contributed by atoms with van der Waals surface area (Å²) in [4.78, 5) is 11.0. The molecular weight excluding hydrogens is 164 g/mol. The molecule has 2 nitrogen and oxygen atoms in total. The largest absolute Gasteiger partial charge is 0.465 e. The highest BCUT2D eigenvalue weighted by Crippen LogP contribution is 2.03. The molecule has 0 aliphatic carbocycles. The number of carbonyl (C=O) groups excluding carboxylic acids is 1. The number of hydrogen-bond donors (Lipinski definition) is 0. The smallest absolute Gasteiger partial charge is 0.308 e. The van der Waals surface area contributed by atoms with Crippen LogP contribution in [0, 0.1) is 5.92 Å². The fraction of sp³-hybridized carbons (Fsp3) is 0.909. The van der Waals surface area contributed by atoms with E-state index in [1.165, 1.54) is 0 Å². The van der Waals surface area contributed by atoms with Crippen LogP contribution in [0.5, 0.6) is 0 Å². The van der Waals surface area contributed by atoms with Crippen molar-refractivity contribution >= 4 is 5.97 Å². The van der Waals surface area contributed by atoms with Crippen LogP contribution in [0.3, 0.4) is 0 Å². The predicted molar refractivity (Wildman–Crippen MR) is 56.7 cm³/mol. The van der Waals surface area contributed by atoms with Gasteiger partial charge in [-0.15, -0.1) is 0 Å². The van der Waals surface area contributed by atoms with Crippen LogP contribution in [0.15, 0.2) is 0 Å². The van der Waals surface area contributed by atoms with E-state index in [2.05, 4.69) is 6.92 Å². The Balaban J connectivity index is 0. The van der Waals surface area contributed by atoms with Gasteiger partial charge in [0.2, 0.25) is 0 Å². The van der Waals surface area contributed by atoms with E-state index < -0.39 is 0 Å². The Labute approximate surface area is 82.7 Å². The first-order valence-corrected chi connectivity index (χ1v) is 5.39. The van der Waals surface area contributed by atoms with Crippen molar-refractivity contribution in [3.05, 3.63) is 0 Å². The van der Waals surface area contributed by atoms with E-state index in [1.807, 2.05) is 27.7 Å². The van der Waals surface area contributed by atoms with Crippen LogP contribution in [0.2, 0.25) is 0 Å². The van der Waals surface area contributed by atoms with Gasteiger partial charge in [0.25, 0.3) is 0 Å². The summed E-state index contributed by atoms with van der Waals surface area (Å²) >= 11 is 0. The first-order valence-electron chi connectivity index (χ1n) is 5.39. The van der Waals surface area contributed by atoms with E-state index in [4.69, 9.17) is 4.74 Å². The zero-order valence-corrected chi connectivity index (χ0v) is 9.72.